The average molecular weight is 230 g/mol. The summed E-state index contributed by atoms with van der Waals surface area (Å²) in [5.41, 5.74) is -2.44. The van der Waals surface area contributed by atoms with Crippen LogP contribution in [0, 0.1) is 17.1 Å². The van der Waals surface area contributed by atoms with Crippen LogP contribution in [0.4, 0.5) is 13.2 Å². The zero-order chi connectivity index (χ0) is 12.3. The molecule has 0 aliphatic rings. The highest BCUT2D eigenvalue weighted by Gasteiger charge is 2.22. The molecule has 0 aromatic carbocycles. The maximum absolute atomic E-state index is 13.3. The van der Waals surface area contributed by atoms with Crippen molar-refractivity contribution in [3.8, 4) is 6.07 Å². The minimum atomic E-state index is -3.00. The summed E-state index contributed by atoms with van der Waals surface area (Å²) in [5, 5.41) is 8.49. The van der Waals surface area contributed by atoms with Crippen molar-refractivity contribution in [1.29, 1.82) is 5.26 Å². The number of hydrogen-bond donors (Lipinski definition) is 0. The van der Waals surface area contributed by atoms with Crippen molar-refractivity contribution in [2.24, 2.45) is 0 Å². The van der Waals surface area contributed by atoms with Crippen LogP contribution in [-0.4, -0.2) is 18.1 Å². The Labute approximate surface area is 88.3 Å². The smallest absolute Gasteiger partial charge is 0.359 e. The van der Waals surface area contributed by atoms with Crippen LogP contribution in [0.25, 0.3) is 0 Å². The van der Waals surface area contributed by atoms with Crippen LogP contribution >= 0.6 is 0 Å². The predicted molar refractivity (Wildman–Crippen MR) is 45.2 cm³/mol. The minimum absolute atomic E-state index is 0.590. The number of carbonyl (C=O) groups is 1. The van der Waals surface area contributed by atoms with Crippen LogP contribution in [0.3, 0.4) is 0 Å². The quantitative estimate of drug-likeness (QED) is 0.727. The summed E-state index contributed by atoms with van der Waals surface area (Å²) in [6.07, 6.45) is -3.00. The average Bonchev–Trinajstić information content (AvgIpc) is 2.28. The number of esters is 1. The topological polar surface area (TPSA) is 63.0 Å². The lowest BCUT2D eigenvalue weighted by atomic mass is 10.2. The first-order valence-electron chi connectivity index (χ1n) is 3.98. The molecule has 0 aliphatic heterocycles. The van der Waals surface area contributed by atoms with E-state index in [0.29, 0.717) is 6.07 Å². The van der Waals surface area contributed by atoms with Gasteiger partial charge in [-0.3, -0.25) is 0 Å². The molecule has 1 aromatic rings. The molecule has 16 heavy (non-hydrogen) atoms. The molecular formula is C9H5F3N2O2. The molecule has 0 atom stereocenters. The minimum Gasteiger partial charge on any atom is -0.464 e. The van der Waals surface area contributed by atoms with E-state index in [2.05, 4.69) is 9.72 Å². The molecule has 0 aliphatic carbocycles. The summed E-state index contributed by atoms with van der Waals surface area (Å²) >= 11 is 0. The third kappa shape index (κ3) is 2.11. The monoisotopic (exact) mass is 230 g/mol. The Morgan fingerprint density at radius 1 is 1.62 bits per heavy atom. The number of alkyl halides is 2. The van der Waals surface area contributed by atoms with E-state index in [1.165, 1.54) is 6.07 Å². The van der Waals surface area contributed by atoms with Crippen LogP contribution in [0.5, 0.6) is 0 Å². The maximum Gasteiger partial charge on any atom is 0.359 e. The second-order valence-corrected chi connectivity index (χ2v) is 2.66. The van der Waals surface area contributed by atoms with E-state index < -0.39 is 35.2 Å². The lowest BCUT2D eigenvalue weighted by Gasteiger charge is -2.05. The molecule has 0 N–H and O–H groups in total. The second kappa shape index (κ2) is 4.61. The number of nitrogens with zero attached hydrogens (tertiary/aromatic N) is 2. The van der Waals surface area contributed by atoms with E-state index >= 15 is 0 Å². The van der Waals surface area contributed by atoms with Gasteiger partial charge in [0.25, 0.3) is 6.43 Å². The van der Waals surface area contributed by atoms with Crippen molar-refractivity contribution in [2.45, 2.75) is 6.43 Å². The van der Waals surface area contributed by atoms with Gasteiger partial charge < -0.3 is 4.74 Å². The van der Waals surface area contributed by atoms with Crippen LogP contribution < -0.4 is 0 Å². The summed E-state index contributed by atoms with van der Waals surface area (Å²) < 4.78 is 42.1. The molecule has 0 saturated heterocycles. The first-order chi connectivity index (χ1) is 7.51. The van der Waals surface area contributed by atoms with Gasteiger partial charge in [-0.15, -0.1) is 0 Å². The molecule has 0 radical (unpaired) electrons. The van der Waals surface area contributed by atoms with E-state index in [1.54, 1.807) is 0 Å². The van der Waals surface area contributed by atoms with Crippen molar-refractivity contribution in [2.75, 3.05) is 7.11 Å². The summed E-state index contributed by atoms with van der Waals surface area (Å²) in [6.45, 7) is 0. The van der Waals surface area contributed by atoms with Gasteiger partial charge in [0, 0.05) is 0 Å². The highest BCUT2D eigenvalue weighted by Crippen LogP contribution is 2.21. The van der Waals surface area contributed by atoms with E-state index in [-0.39, 0.29) is 0 Å². The molecule has 4 nitrogen and oxygen atoms in total. The van der Waals surface area contributed by atoms with Crippen LogP contribution in [0.1, 0.15) is 28.2 Å². The van der Waals surface area contributed by atoms with Gasteiger partial charge in [0.2, 0.25) is 0 Å². The van der Waals surface area contributed by atoms with Gasteiger partial charge in [-0.25, -0.2) is 22.9 Å². The Balaban J connectivity index is 3.43. The number of carbonyl (C=O) groups excluding carboxylic acids is 1. The molecule has 0 unspecified atom stereocenters. The number of pyridine rings is 1. The van der Waals surface area contributed by atoms with Crippen LogP contribution in [0.2, 0.25) is 0 Å². The molecule has 1 rings (SSSR count). The van der Waals surface area contributed by atoms with E-state index in [0.717, 1.165) is 7.11 Å². The van der Waals surface area contributed by atoms with Gasteiger partial charge in [0.15, 0.2) is 11.5 Å². The first-order valence-corrected chi connectivity index (χ1v) is 3.98. The standard InChI is InChI=1S/C9H5F3N2O2/c1-16-9(15)7-6(10)4(3-13)2-5(14-7)8(11)12/h2,8H,1H3. The molecular weight excluding hydrogens is 225 g/mol. The number of rotatable bonds is 2. The van der Waals surface area contributed by atoms with Gasteiger partial charge in [-0.1, -0.05) is 0 Å². The highest BCUT2D eigenvalue weighted by molar-refractivity contribution is 5.88. The number of methoxy groups -OCH3 is 1. The Hall–Kier alpha value is -2.10. The molecule has 1 heterocycles. The normalized spacial score (nSPS) is 10.0. The van der Waals surface area contributed by atoms with E-state index in [4.69, 9.17) is 5.26 Å². The van der Waals surface area contributed by atoms with Gasteiger partial charge in [-0.05, 0) is 6.07 Å². The molecule has 1 aromatic heterocycles. The number of nitriles is 1. The molecule has 0 amide bonds. The van der Waals surface area contributed by atoms with Crippen molar-refractivity contribution < 1.29 is 22.7 Å². The Kier molecular flexibility index (Phi) is 3.45. The van der Waals surface area contributed by atoms with Gasteiger partial charge in [0.1, 0.15) is 11.8 Å². The second-order valence-electron chi connectivity index (χ2n) is 2.66. The largest absolute Gasteiger partial charge is 0.464 e. The Morgan fingerprint density at radius 3 is 2.69 bits per heavy atom. The van der Waals surface area contributed by atoms with Gasteiger partial charge >= 0.3 is 5.97 Å². The van der Waals surface area contributed by atoms with Crippen LogP contribution in [-0.2, 0) is 4.74 Å². The van der Waals surface area contributed by atoms with Gasteiger partial charge in [-0.2, -0.15) is 5.26 Å². The molecule has 0 saturated carbocycles. The fourth-order valence-electron chi connectivity index (χ4n) is 0.974. The van der Waals surface area contributed by atoms with E-state index in [1.807, 2.05) is 0 Å². The van der Waals surface area contributed by atoms with Crippen molar-refractivity contribution >= 4 is 5.97 Å². The number of halogens is 3. The Bertz CT molecular complexity index is 469. The number of ether oxygens (including phenoxy) is 1. The van der Waals surface area contributed by atoms with Crippen molar-refractivity contribution in [1.82, 2.24) is 4.98 Å². The third-order valence-corrected chi connectivity index (χ3v) is 1.70. The van der Waals surface area contributed by atoms with Crippen LogP contribution in [0.15, 0.2) is 6.07 Å². The summed E-state index contributed by atoms with van der Waals surface area (Å²) in [4.78, 5) is 14.1. The summed E-state index contributed by atoms with van der Waals surface area (Å²) in [5.74, 6) is -2.48. The maximum atomic E-state index is 13.3. The van der Waals surface area contributed by atoms with E-state index in [9.17, 15) is 18.0 Å². The molecule has 0 fully saturated rings. The summed E-state index contributed by atoms with van der Waals surface area (Å²) in [7, 11) is 0.949. The first kappa shape index (κ1) is 12.0. The SMILES string of the molecule is COC(=O)c1nc(C(F)F)cc(C#N)c1F. The highest BCUT2D eigenvalue weighted by atomic mass is 19.3. The van der Waals surface area contributed by atoms with Gasteiger partial charge in [0.05, 0.1) is 12.7 Å². The number of aromatic nitrogens is 1. The molecule has 7 heteroatoms. The molecule has 0 spiro atoms. The van der Waals surface area contributed by atoms with Crippen molar-refractivity contribution in [3.63, 3.8) is 0 Å². The third-order valence-electron chi connectivity index (χ3n) is 1.70. The molecule has 0 bridgehead atoms. The summed E-state index contributed by atoms with van der Waals surface area (Å²) in [6, 6.07) is 1.94. The molecule has 84 valence electrons. The lowest BCUT2D eigenvalue weighted by molar-refractivity contribution is 0.0586. The zero-order valence-electron chi connectivity index (χ0n) is 8.00. The lowest BCUT2D eigenvalue weighted by Crippen LogP contribution is -2.11. The Morgan fingerprint density at radius 2 is 2.25 bits per heavy atom. The number of hydrogen-bond acceptors (Lipinski definition) is 4. The zero-order valence-corrected chi connectivity index (χ0v) is 8.00. The fourth-order valence-corrected chi connectivity index (χ4v) is 0.974. The predicted octanol–water partition coefficient (Wildman–Crippen LogP) is 1.82. The van der Waals surface area contributed by atoms with Crippen molar-refractivity contribution in [3.05, 3.63) is 28.8 Å². The fraction of sp³-hybridized carbons (Fsp3) is 0.222.